The molecular weight excluding hydrogens is 410 g/mol. The van der Waals surface area contributed by atoms with Gasteiger partial charge in [-0.05, 0) is 47.7 Å². The number of benzene rings is 1. The fraction of sp³-hybridized carbons (Fsp3) is 0.231. The number of hydrogen-bond donors (Lipinski definition) is 0. The number of halogens is 3. The standard InChI is InChI=1S/C13H11Cl2IN4/c1-7-12-13(19(2)18-7)20(11(6-14)17-12)10-4-3-8(16)5-9(10)15/h3-5H,6H2,1-2H3. The largest absolute Gasteiger partial charge is 0.278 e. The summed E-state index contributed by atoms with van der Waals surface area (Å²) in [5, 5.41) is 5.07. The fourth-order valence-corrected chi connectivity index (χ4v) is 3.44. The molecule has 0 radical (unpaired) electrons. The Balaban J connectivity index is 2.39. The second-order valence-electron chi connectivity index (χ2n) is 4.47. The molecular formula is C13H11Cl2IN4. The van der Waals surface area contributed by atoms with Gasteiger partial charge in [0.05, 0.1) is 22.3 Å². The summed E-state index contributed by atoms with van der Waals surface area (Å²) in [7, 11) is 1.89. The van der Waals surface area contributed by atoms with Crippen molar-refractivity contribution in [1.29, 1.82) is 0 Å². The highest BCUT2D eigenvalue weighted by molar-refractivity contribution is 14.1. The van der Waals surface area contributed by atoms with Gasteiger partial charge >= 0.3 is 0 Å². The van der Waals surface area contributed by atoms with E-state index in [4.69, 9.17) is 23.2 Å². The van der Waals surface area contributed by atoms with Crippen LogP contribution in [0, 0.1) is 10.5 Å². The van der Waals surface area contributed by atoms with Gasteiger partial charge in [-0.15, -0.1) is 11.6 Å². The minimum absolute atomic E-state index is 0.316. The fourth-order valence-electron chi connectivity index (χ4n) is 2.32. The molecule has 0 amide bonds. The Hall–Kier alpha value is -0.790. The predicted octanol–water partition coefficient (Wildman–Crippen LogP) is 4.06. The molecule has 0 aliphatic rings. The molecule has 0 fully saturated rings. The summed E-state index contributed by atoms with van der Waals surface area (Å²) in [5.41, 5.74) is 3.52. The summed E-state index contributed by atoms with van der Waals surface area (Å²) in [6.45, 7) is 1.94. The van der Waals surface area contributed by atoms with Crippen molar-refractivity contribution >= 4 is 57.0 Å². The Morgan fingerprint density at radius 3 is 2.75 bits per heavy atom. The van der Waals surface area contributed by atoms with Crippen LogP contribution in [0.1, 0.15) is 11.5 Å². The third-order valence-electron chi connectivity index (χ3n) is 3.14. The minimum atomic E-state index is 0.316. The first-order valence-corrected chi connectivity index (χ1v) is 7.94. The summed E-state index contributed by atoms with van der Waals surface area (Å²) in [6, 6.07) is 5.91. The topological polar surface area (TPSA) is 35.6 Å². The van der Waals surface area contributed by atoms with E-state index in [1.54, 1.807) is 0 Å². The highest BCUT2D eigenvalue weighted by atomic mass is 127. The molecule has 20 heavy (non-hydrogen) atoms. The van der Waals surface area contributed by atoms with Crippen molar-refractivity contribution in [2.75, 3.05) is 0 Å². The second-order valence-corrected chi connectivity index (χ2v) is 6.39. The van der Waals surface area contributed by atoms with Gasteiger partial charge in [0.25, 0.3) is 0 Å². The first-order valence-electron chi connectivity index (χ1n) is 5.95. The molecule has 0 saturated carbocycles. The highest BCUT2D eigenvalue weighted by Gasteiger charge is 2.19. The molecule has 1 aromatic carbocycles. The zero-order valence-corrected chi connectivity index (χ0v) is 14.5. The molecule has 0 saturated heterocycles. The van der Waals surface area contributed by atoms with Crippen LogP contribution < -0.4 is 0 Å². The van der Waals surface area contributed by atoms with Crippen molar-refractivity contribution in [1.82, 2.24) is 19.3 Å². The van der Waals surface area contributed by atoms with Crippen molar-refractivity contribution in [3.63, 3.8) is 0 Å². The Labute approximate surface area is 139 Å². The van der Waals surface area contributed by atoms with Gasteiger partial charge in [0.15, 0.2) is 5.65 Å². The zero-order chi connectivity index (χ0) is 14.4. The van der Waals surface area contributed by atoms with Gasteiger partial charge in [-0.3, -0.25) is 4.57 Å². The third kappa shape index (κ3) is 2.12. The van der Waals surface area contributed by atoms with Crippen LogP contribution in [0.2, 0.25) is 5.02 Å². The van der Waals surface area contributed by atoms with E-state index in [1.807, 2.05) is 41.4 Å². The summed E-state index contributed by atoms with van der Waals surface area (Å²) in [5.74, 6) is 1.08. The van der Waals surface area contributed by atoms with Gasteiger partial charge in [0, 0.05) is 10.6 Å². The molecule has 3 rings (SSSR count). The van der Waals surface area contributed by atoms with E-state index < -0.39 is 0 Å². The minimum Gasteiger partial charge on any atom is -0.278 e. The lowest BCUT2D eigenvalue weighted by atomic mass is 10.3. The Kier molecular flexibility index (Phi) is 3.68. The molecule has 2 aromatic heterocycles. The molecule has 0 N–H and O–H groups in total. The second kappa shape index (κ2) is 5.20. The lowest BCUT2D eigenvalue weighted by molar-refractivity contribution is 0.755. The van der Waals surface area contributed by atoms with E-state index in [0.29, 0.717) is 10.9 Å². The number of fused-ring (bicyclic) bond motifs is 1. The number of alkyl halides is 1. The van der Waals surface area contributed by atoms with Crippen LogP contribution in [0.4, 0.5) is 0 Å². The van der Waals surface area contributed by atoms with Crippen LogP contribution in [0.3, 0.4) is 0 Å². The lowest BCUT2D eigenvalue weighted by Crippen LogP contribution is -2.05. The highest BCUT2D eigenvalue weighted by Crippen LogP contribution is 2.29. The average Bonchev–Trinajstić information content (AvgIpc) is 2.89. The van der Waals surface area contributed by atoms with E-state index in [9.17, 15) is 0 Å². The molecule has 3 aromatic rings. The van der Waals surface area contributed by atoms with Crippen LogP contribution in [0.15, 0.2) is 18.2 Å². The summed E-state index contributed by atoms with van der Waals surface area (Å²) in [6.07, 6.45) is 0. The maximum Gasteiger partial charge on any atom is 0.163 e. The van der Waals surface area contributed by atoms with Crippen molar-refractivity contribution in [2.45, 2.75) is 12.8 Å². The van der Waals surface area contributed by atoms with Gasteiger partial charge in [-0.1, -0.05) is 11.6 Å². The lowest BCUT2D eigenvalue weighted by Gasteiger charge is -2.10. The van der Waals surface area contributed by atoms with E-state index >= 15 is 0 Å². The molecule has 2 heterocycles. The van der Waals surface area contributed by atoms with Crippen molar-refractivity contribution in [2.24, 2.45) is 7.05 Å². The molecule has 104 valence electrons. The summed E-state index contributed by atoms with van der Waals surface area (Å²) >= 11 is 14.7. The Bertz CT molecular complexity index is 806. The molecule has 4 nitrogen and oxygen atoms in total. The smallest absolute Gasteiger partial charge is 0.163 e. The monoisotopic (exact) mass is 420 g/mol. The molecule has 0 spiro atoms. The molecule has 0 aliphatic heterocycles. The third-order valence-corrected chi connectivity index (χ3v) is 4.35. The van der Waals surface area contributed by atoms with Gasteiger partial charge in [0.1, 0.15) is 11.3 Å². The first-order chi connectivity index (χ1) is 9.52. The van der Waals surface area contributed by atoms with Crippen LogP contribution >= 0.6 is 45.8 Å². The van der Waals surface area contributed by atoms with Crippen LogP contribution in [0.5, 0.6) is 0 Å². The normalized spacial score (nSPS) is 11.4. The van der Waals surface area contributed by atoms with Crippen LogP contribution in [0.25, 0.3) is 16.9 Å². The number of hydrogen-bond acceptors (Lipinski definition) is 2. The SMILES string of the molecule is Cc1nn(C)c2c1nc(CCl)n2-c1ccc(I)cc1Cl. The summed E-state index contributed by atoms with van der Waals surface area (Å²) < 4.78 is 4.87. The number of aromatic nitrogens is 4. The van der Waals surface area contributed by atoms with E-state index in [1.165, 1.54) is 0 Å². The quantitative estimate of drug-likeness (QED) is 0.462. The zero-order valence-electron chi connectivity index (χ0n) is 10.9. The molecule has 7 heteroatoms. The van der Waals surface area contributed by atoms with Crippen molar-refractivity contribution in [3.05, 3.63) is 38.3 Å². The number of rotatable bonds is 2. The maximum absolute atomic E-state index is 6.38. The average molecular weight is 421 g/mol. The van der Waals surface area contributed by atoms with E-state index in [0.717, 1.165) is 31.9 Å². The molecule has 0 aliphatic carbocycles. The molecule has 0 atom stereocenters. The first kappa shape index (κ1) is 14.2. The Morgan fingerprint density at radius 2 is 2.10 bits per heavy atom. The van der Waals surface area contributed by atoms with Gasteiger partial charge in [0.2, 0.25) is 0 Å². The van der Waals surface area contributed by atoms with Gasteiger partial charge < -0.3 is 0 Å². The van der Waals surface area contributed by atoms with Crippen molar-refractivity contribution < 1.29 is 0 Å². The van der Waals surface area contributed by atoms with Gasteiger partial charge in [-0.25, -0.2) is 9.67 Å². The Morgan fingerprint density at radius 1 is 1.35 bits per heavy atom. The number of aryl methyl sites for hydroxylation is 2. The van der Waals surface area contributed by atoms with Crippen LogP contribution in [-0.2, 0) is 12.9 Å². The van der Waals surface area contributed by atoms with Gasteiger partial charge in [-0.2, -0.15) is 5.10 Å². The maximum atomic E-state index is 6.38. The summed E-state index contributed by atoms with van der Waals surface area (Å²) in [4.78, 5) is 4.58. The van der Waals surface area contributed by atoms with E-state index in [-0.39, 0.29) is 0 Å². The number of imidazole rings is 1. The van der Waals surface area contributed by atoms with E-state index in [2.05, 4.69) is 32.7 Å². The van der Waals surface area contributed by atoms with Crippen LogP contribution in [-0.4, -0.2) is 19.3 Å². The predicted molar refractivity (Wildman–Crippen MR) is 89.9 cm³/mol. The molecule has 0 unspecified atom stereocenters. The molecule has 0 bridgehead atoms. The number of nitrogens with zero attached hydrogens (tertiary/aromatic N) is 4. The van der Waals surface area contributed by atoms with Crippen molar-refractivity contribution in [3.8, 4) is 5.69 Å².